The van der Waals surface area contributed by atoms with Crippen molar-refractivity contribution < 1.29 is 19.7 Å². The molecular formula is C41H59NO4. The van der Waals surface area contributed by atoms with E-state index in [2.05, 4.69) is 93.5 Å². The molecule has 0 aliphatic rings. The number of aromatic hydroxyl groups is 1. The number of unbranched alkanes of at least 4 members (excludes halogenated alkanes) is 2. The number of hydrogen-bond donors (Lipinski definition) is 2. The van der Waals surface area contributed by atoms with E-state index >= 15 is 0 Å². The van der Waals surface area contributed by atoms with E-state index in [9.17, 15) is 10.2 Å². The van der Waals surface area contributed by atoms with Gasteiger partial charge in [-0.15, -0.1) is 0 Å². The summed E-state index contributed by atoms with van der Waals surface area (Å²) in [5.41, 5.74) is 2.19. The van der Waals surface area contributed by atoms with Crippen molar-refractivity contribution in [1.29, 1.82) is 0 Å². The molecule has 46 heavy (non-hydrogen) atoms. The van der Waals surface area contributed by atoms with Crippen LogP contribution in [0.15, 0.2) is 65.7 Å². The van der Waals surface area contributed by atoms with Crippen molar-refractivity contribution in [3.8, 4) is 17.2 Å². The number of aliphatic imine (C=N–C) groups is 1. The highest BCUT2D eigenvalue weighted by Crippen LogP contribution is 2.47. The first-order chi connectivity index (χ1) is 21.6. The molecule has 0 radical (unpaired) electrons. The van der Waals surface area contributed by atoms with Crippen LogP contribution in [0, 0.1) is 5.92 Å². The first-order valence-corrected chi connectivity index (χ1v) is 17.2. The minimum Gasteiger partial charge on any atom is -0.507 e. The third kappa shape index (κ3) is 9.37. The molecule has 0 saturated heterocycles. The van der Waals surface area contributed by atoms with Gasteiger partial charge >= 0.3 is 0 Å². The molecule has 3 aromatic rings. The number of para-hydroxylation sites is 1. The number of phenols is 1. The molecular weight excluding hydrogens is 570 g/mol. The first-order valence-electron chi connectivity index (χ1n) is 17.2. The minimum absolute atomic E-state index is 0.148. The zero-order valence-electron chi connectivity index (χ0n) is 30.1. The fourth-order valence-corrected chi connectivity index (χ4v) is 5.55. The van der Waals surface area contributed by atoms with E-state index in [1.54, 1.807) is 18.3 Å². The highest BCUT2D eigenvalue weighted by atomic mass is 16.5. The Hall–Kier alpha value is -3.31. The molecule has 1 atom stereocenters. The summed E-state index contributed by atoms with van der Waals surface area (Å²) in [5.74, 6) is 1.66. The van der Waals surface area contributed by atoms with Gasteiger partial charge in [0.05, 0.1) is 19.3 Å². The number of benzene rings is 3. The van der Waals surface area contributed by atoms with Crippen molar-refractivity contribution in [2.75, 3.05) is 13.2 Å². The van der Waals surface area contributed by atoms with Crippen LogP contribution in [0.3, 0.4) is 0 Å². The smallest absolute Gasteiger partial charge is 0.144 e. The van der Waals surface area contributed by atoms with Crippen molar-refractivity contribution in [3.63, 3.8) is 0 Å². The Morgan fingerprint density at radius 1 is 0.739 bits per heavy atom. The molecule has 0 fully saturated rings. The fourth-order valence-electron chi connectivity index (χ4n) is 5.55. The van der Waals surface area contributed by atoms with Crippen molar-refractivity contribution >= 4 is 6.21 Å². The monoisotopic (exact) mass is 629 g/mol. The molecule has 3 rings (SSSR count). The van der Waals surface area contributed by atoms with Crippen LogP contribution in [-0.4, -0.2) is 35.7 Å². The summed E-state index contributed by atoms with van der Waals surface area (Å²) in [6.45, 7) is 22.8. The summed E-state index contributed by atoms with van der Waals surface area (Å²) in [7, 11) is 0. The Labute approximate surface area is 279 Å². The van der Waals surface area contributed by atoms with E-state index in [-0.39, 0.29) is 22.5 Å². The Bertz CT molecular complexity index is 1360. The molecule has 5 nitrogen and oxygen atoms in total. The number of rotatable bonds is 15. The molecule has 0 aromatic heterocycles. The fraction of sp³-hybridized carbons (Fsp3) is 0.537. The van der Waals surface area contributed by atoms with Gasteiger partial charge in [-0.3, -0.25) is 4.99 Å². The lowest BCUT2D eigenvalue weighted by molar-refractivity contribution is 0.0391. The van der Waals surface area contributed by atoms with E-state index < -0.39 is 11.6 Å². The maximum Gasteiger partial charge on any atom is 0.144 e. The summed E-state index contributed by atoms with van der Waals surface area (Å²) in [6.07, 6.45) is 6.11. The average Bonchev–Trinajstić information content (AvgIpc) is 2.99. The van der Waals surface area contributed by atoms with Crippen LogP contribution in [-0.2, 0) is 16.4 Å². The van der Waals surface area contributed by atoms with Crippen molar-refractivity contribution in [2.45, 2.75) is 124 Å². The van der Waals surface area contributed by atoms with Gasteiger partial charge in [0.25, 0.3) is 0 Å². The van der Waals surface area contributed by atoms with Gasteiger partial charge in [-0.2, -0.15) is 0 Å². The number of aliphatic hydroxyl groups is 1. The molecule has 3 aromatic carbocycles. The van der Waals surface area contributed by atoms with E-state index in [0.29, 0.717) is 47.8 Å². The summed E-state index contributed by atoms with van der Waals surface area (Å²) in [4.78, 5) is 5.13. The zero-order chi connectivity index (χ0) is 34.1. The third-order valence-corrected chi connectivity index (χ3v) is 8.53. The number of hydrogen-bond acceptors (Lipinski definition) is 5. The number of ether oxygens (including phenoxy) is 2. The second kappa shape index (κ2) is 16.0. The predicted octanol–water partition coefficient (Wildman–Crippen LogP) is 10.1. The first kappa shape index (κ1) is 37.2. The Kier molecular flexibility index (Phi) is 12.9. The second-order valence-electron chi connectivity index (χ2n) is 15.1. The molecule has 0 aliphatic heterocycles. The van der Waals surface area contributed by atoms with Gasteiger partial charge in [0.15, 0.2) is 0 Å². The number of phenolic OH excluding ortho intramolecular Hbond substituents is 1. The molecule has 0 unspecified atom stereocenters. The number of nitrogens with zero attached hydrogens (tertiary/aromatic N) is 1. The van der Waals surface area contributed by atoms with Crippen LogP contribution in [0.25, 0.3) is 0 Å². The van der Waals surface area contributed by atoms with Crippen molar-refractivity contribution in [2.24, 2.45) is 10.9 Å². The maximum absolute atomic E-state index is 13.7. The lowest BCUT2D eigenvalue weighted by Crippen LogP contribution is -2.42. The summed E-state index contributed by atoms with van der Waals surface area (Å²) in [5, 5.41) is 24.4. The summed E-state index contributed by atoms with van der Waals surface area (Å²) < 4.78 is 13.0. The highest BCUT2D eigenvalue weighted by Gasteiger charge is 2.45. The summed E-state index contributed by atoms with van der Waals surface area (Å²) in [6, 6.07) is 19.0. The van der Waals surface area contributed by atoms with Crippen LogP contribution in [0.2, 0.25) is 0 Å². The van der Waals surface area contributed by atoms with Gasteiger partial charge in [-0.05, 0) is 83.5 Å². The Balaban J connectivity index is 2.48. The van der Waals surface area contributed by atoms with Crippen LogP contribution in [0.1, 0.15) is 129 Å². The molecule has 0 heterocycles. The quantitative estimate of drug-likeness (QED) is 0.130. The molecule has 0 amide bonds. The van der Waals surface area contributed by atoms with E-state index in [1.165, 1.54) is 0 Å². The van der Waals surface area contributed by atoms with Crippen molar-refractivity contribution in [3.05, 3.63) is 88.5 Å². The summed E-state index contributed by atoms with van der Waals surface area (Å²) >= 11 is 0. The third-order valence-electron chi connectivity index (χ3n) is 8.53. The highest BCUT2D eigenvalue weighted by molar-refractivity contribution is 5.83. The largest absolute Gasteiger partial charge is 0.507 e. The van der Waals surface area contributed by atoms with E-state index in [0.717, 1.165) is 36.8 Å². The van der Waals surface area contributed by atoms with Crippen molar-refractivity contribution in [1.82, 2.24) is 0 Å². The van der Waals surface area contributed by atoms with Gasteiger partial charge in [-0.25, -0.2) is 0 Å². The minimum atomic E-state index is -1.63. The SMILES string of the molecule is CCCCOc1ccc(C(C)(C)C)cc1C(O)(c1cc(C(C)(C)C)ccc1OCCCC)[C@H](CC(C)C)N=Cc1ccccc1O. The average molecular weight is 630 g/mol. The van der Waals surface area contributed by atoms with Crippen LogP contribution in [0.5, 0.6) is 17.2 Å². The Morgan fingerprint density at radius 2 is 1.22 bits per heavy atom. The normalized spacial score (nSPS) is 13.4. The molecule has 5 heteroatoms. The molecule has 0 bridgehead atoms. The van der Waals surface area contributed by atoms with E-state index in [1.807, 2.05) is 24.3 Å². The van der Waals surface area contributed by atoms with Gasteiger partial charge < -0.3 is 19.7 Å². The molecule has 0 spiro atoms. The molecule has 252 valence electrons. The lowest BCUT2D eigenvalue weighted by Gasteiger charge is -2.39. The Morgan fingerprint density at radius 3 is 1.63 bits per heavy atom. The topological polar surface area (TPSA) is 71.3 Å². The van der Waals surface area contributed by atoms with Gasteiger partial charge in [0.1, 0.15) is 22.8 Å². The van der Waals surface area contributed by atoms with Gasteiger partial charge in [-0.1, -0.05) is 106 Å². The molecule has 2 N–H and O–H groups in total. The predicted molar refractivity (Wildman–Crippen MR) is 193 cm³/mol. The molecule has 0 aliphatic carbocycles. The van der Waals surface area contributed by atoms with E-state index in [4.69, 9.17) is 14.5 Å². The van der Waals surface area contributed by atoms with Gasteiger partial charge in [0, 0.05) is 22.9 Å². The molecule has 0 saturated carbocycles. The van der Waals surface area contributed by atoms with Crippen LogP contribution in [0.4, 0.5) is 0 Å². The van der Waals surface area contributed by atoms with Crippen LogP contribution >= 0.6 is 0 Å². The second-order valence-corrected chi connectivity index (χ2v) is 15.1. The zero-order valence-corrected chi connectivity index (χ0v) is 30.1. The van der Waals surface area contributed by atoms with Gasteiger partial charge in [0.2, 0.25) is 0 Å². The standard InChI is InChI=1S/C41H59NO4/c1-11-13-23-45-36-21-19-31(39(5,6)7)26-33(36)41(44,38(25-29(3)4)42-28-30-17-15-16-18-35(30)43)34-27-32(40(8,9)10)20-22-37(34)46-24-14-12-2/h15-22,26-29,38,43-44H,11-14,23-25H2,1-10H3/t38-/m0/s1. The lowest BCUT2D eigenvalue weighted by atomic mass is 9.73. The maximum atomic E-state index is 13.7. The van der Waals surface area contributed by atoms with Crippen LogP contribution < -0.4 is 9.47 Å².